The first kappa shape index (κ1) is 17.5. The Labute approximate surface area is 131 Å². The summed E-state index contributed by atoms with van der Waals surface area (Å²) in [7, 11) is 0. The fourth-order valence-corrected chi connectivity index (χ4v) is 2.26. The van der Waals surface area contributed by atoms with Gasteiger partial charge in [-0.15, -0.1) is 11.6 Å². The smallest absolute Gasteiger partial charge is 0.421 e. The molecule has 1 aromatic rings. The minimum absolute atomic E-state index is 0.203. The van der Waals surface area contributed by atoms with Gasteiger partial charge in [-0.3, -0.25) is 4.79 Å². The fraction of sp³-hybridized carbons (Fsp3) is 0.500. The average Bonchev–Trinajstić information content (AvgIpc) is 2.47. The predicted molar refractivity (Wildman–Crippen MR) is 85.0 cm³/mol. The lowest BCUT2D eigenvalue weighted by atomic mass is 10.0. The molecule has 5 heteroatoms. The Morgan fingerprint density at radius 2 is 1.71 bits per heavy atom. The van der Waals surface area contributed by atoms with Crippen LogP contribution in [0, 0.1) is 0 Å². The number of aryl methyl sites for hydroxylation is 2. The summed E-state index contributed by atoms with van der Waals surface area (Å²) in [5.74, 6) is -0.467. The van der Waals surface area contributed by atoms with E-state index >= 15 is 0 Å². The van der Waals surface area contributed by atoms with Gasteiger partial charge in [0.2, 0.25) is 0 Å². The maximum Gasteiger partial charge on any atom is 0.421 e. The minimum atomic E-state index is -0.802. The van der Waals surface area contributed by atoms with Crippen molar-refractivity contribution in [2.75, 3.05) is 11.5 Å². The molecule has 4 nitrogen and oxygen atoms in total. The highest BCUT2D eigenvalue weighted by Gasteiger charge is 2.30. The molecule has 0 bridgehead atoms. The summed E-state index contributed by atoms with van der Waals surface area (Å²) in [6.45, 7) is 7.43. The van der Waals surface area contributed by atoms with Crippen LogP contribution < -0.4 is 4.90 Å². The Balaban J connectivity index is 3.44. The summed E-state index contributed by atoms with van der Waals surface area (Å²) in [5, 5.41) is -0.802. The second kappa shape index (κ2) is 8.03. The number of ether oxygens (including phenoxy) is 1. The summed E-state index contributed by atoms with van der Waals surface area (Å²) in [6.07, 6.45) is 0.747. The molecule has 0 heterocycles. The molecule has 0 aliphatic rings. The van der Waals surface area contributed by atoms with Crippen molar-refractivity contribution in [1.82, 2.24) is 0 Å². The summed E-state index contributed by atoms with van der Waals surface area (Å²) < 4.78 is 5.04. The lowest BCUT2D eigenvalue weighted by Crippen LogP contribution is -2.42. The number of benzene rings is 1. The molecular formula is C16H22ClNO3. The van der Waals surface area contributed by atoms with Crippen LogP contribution in [0.1, 0.15) is 38.8 Å². The van der Waals surface area contributed by atoms with Crippen molar-refractivity contribution in [2.24, 2.45) is 0 Å². The molecule has 0 saturated heterocycles. The highest BCUT2D eigenvalue weighted by molar-refractivity contribution is 6.35. The van der Waals surface area contributed by atoms with Crippen molar-refractivity contribution in [2.45, 2.75) is 45.9 Å². The van der Waals surface area contributed by atoms with Crippen molar-refractivity contribution in [3.05, 3.63) is 29.3 Å². The standard InChI is InChI=1S/C16H22ClNO3/c1-5-12-9-8-10-13(6-2)14(12)18(15(19)11(4)17)16(20)21-7-3/h8-11H,5-7H2,1-4H3. The number of carbonyl (C=O) groups excluding carboxylic acids is 2. The van der Waals surface area contributed by atoms with E-state index in [-0.39, 0.29) is 6.61 Å². The number of alkyl halides is 1. The van der Waals surface area contributed by atoms with Gasteiger partial charge in [-0.05, 0) is 37.8 Å². The lowest BCUT2D eigenvalue weighted by molar-refractivity contribution is -0.117. The van der Waals surface area contributed by atoms with Gasteiger partial charge in [0.1, 0.15) is 5.38 Å². The second-order valence-corrected chi connectivity index (χ2v) is 5.28. The van der Waals surface area contributed by atoms with Crippen LogP contribution in [-0.2, 0) is 22.4 Å². The summed E-state index contributed by atoms with van der Waals surface area (Å²) in [6, 6.07) is 5.75. The second-order valence-electron chi connectivity index (χ2n) is 4.62. The van der Waals surface area contributed by atoms with Crippen LogP contribution in [0.3, 0.4) is 0 Å². The molecule has 1 rings (SSSR count). The maximum atomic E-state index is 12.4. The highest BCUT2D eigenvalue weighted by Crippen LogP contribution is 2.29. The van der Waals surface area contributed by atoms with E-state index in [1.54, 1.807) is 13.8 Å². The molecule has 21 heavy (non-hydrogen) atoms. The average molecular weight is 312 g/mol. The Morgan fingerprint density at radius 3 is 2.10 bits per heavy atom. The normalized spacial score (nSPS) is 11.9. The van der Waals surface area contributed by atoms with Crippen LogP contribution in [0.4, 0.5) is 10.5 Å². The van der Waals surface area contributed by atoms with Crippen LogP contribution in [0.25, 0.3) is 0 Å². The molecule has 2 amide bonds. The number of para-hydroxylation sites is 1. The number of amides is 2. The molecule has 0 aliphatic carbocycles. The van der Waals surface area contributed by atoms with Crippen molar-refractivity contribution in [3.63, 3.8) is 0 Å². The van der Waals surface area contributed by atoms with Crippen molar-refractivity contribution >= 4 is 29.3 Å². The zero-order valence-corrected chi connectivity index (χ0v) is 13.7. The van der Waals surface area contributed by atoms with Gasteiger partial charge >= 0.3 is 6.09 Å². The topological polar surface area (TPSA) is 46.6 Å². The number of rotatable bonds is 5. The zero-order chi connectivity index (χ0) is 16.0. The first-order valence-corrected chi connectivity index (χ1v) is 7.66. The van der Waals surface area contributed by atoms with Gasteiger partial charge in [0.15, 0.2) is 0 Å². The predicted octanol–water partition coefficient (Wildman–Crippen LogP) is 3.93. The molecule has 0 radical (unpaired) electrons. The molecule has 0 fully saturated rings. The quantitative estimate of drug-likeness (QED) is 0.774. The highest BCUT2D eigenvalue weighted by atomic mass is 35.5. The van der Waals surface area contributed by atoms with E-state index < -0.39 is 17.4 Å². The van der Waals surface area contributed by atoms with Gasteiger partial charge in [0.25, 0.3) is 5.91 Å². The number of anilines is 1. The first-order chi connectivity index (χ1) is 9.97. The number of hydrogen-bond donors (Lipinski definition) is 0. The molecule has 0 aliphatic heterocycles. The maximum absolute atomic E-state index is 12.4. The number of carbonyl (C=O) groups is 2. The Morgan fingerprint density at radius 1 is 1.19 bits per heavy atom. The van der Waals surface area contributed by atoms with E-state index in [0.29, 0.717) is 18.5 Å². The van der Waals surface area contributed by atoms with Crippen molar-refractivity contribution < 1.29 is 14.3 Å². The minimum Gasteiger partial charge on any atom is -0.449 e. The molecular weight excluding hydrogens is 290 g/mol. The third kappa shape index (κ3) is 3.97. The molecule has 0 saturated carbocycles. The SMILES string of the molecule is CCOC(=O)N(C(=O)C(C)Cl)c1c(CC)cccc1CC. The molecule has 0 aromatic heterocycles. The summed E-state index contributed by atoms with van der Waals surface area (Å²) >= 11 is 5.91. The number of halogens is 1. The van der Waals surface area contributed by atoms with Crippen molar-refractivity contribution in [3.8, 4) is 0 Å². The van der Waals surface area contributed by atoms with Gasteiger partial charge in [0, 0.05) is 0 Å². The Hall–Kier alpha value is -1.55. The van der Waals surface area contributed by atoms with Gasteiger partial charge in [-0.25, -0.2) is 9.69 Å². The first-order valence-electron chi connectivity index (χ1n) is 7.23. The van der Waals surface area contributed by atoms with Gasteiger partial charge in [-0.1, -0.05) is 32.0 Å². The van der Waals surface area contributed by atoms with Crippen LogP contribution in [-0.4, -0.2) is 24.0 Å². The van der Waals surface area contributed by atoms with Gasteiger partial charge < -0.3 is 4.74 Å². The van der Waals surface area contributed by atoms with E-state index in [0.717, 1.165) is 16.0 Å². The van der Waals surface area contributed by atoms with E-state index in [1.165, 1.54) is 0 Å². The van der Waals surface area contributed by atoms with Crippen LogP contribution in [0.2, 0.25) is 0 Å². The van der Waals surface area contributed by atoms with Crippen molar-refractivity contribution in [1.29, 1.82) is 0 Å². The zero-order valence-electron chi connectivity index (χ0n) is 13.0. The van der Waals surface area contributed by atoms with Gasteiger partial charge in [0.05, 0.1) is 12.3 Å². The Bertz CT molecular complexity index is 492. The van der Waals surface area contributed by atoms with Crippen LogP contribution in [0.15, 0.2) is 18.2 Å². The number of hydrogen-bond acceptors (Lipinski definition) is 3. The van der Waals surface area contributed by atoms with Crippen LogP contribution in [0.5, 0.6) is 0 Å². The van der Waals surface area contributed by atoms with Crippen LogP contribution >= 0.6 is 11.6 Å². The molecule has 0 spiro atoms. The van der Waals surface area contributed by atoms with E-state index in [4.69, 9.17) is 16.3 Å². The third-order valence-corrected chi connectivity index (χ3v) is 3.39. The summed E-state index contributed by atoms with van der Waals surface area (Å²) in [4.78, 5) is 25.7. The molecule has 116 valence electrons. The monoisotopic (exact) mass is 311 g/mol. The lowest BCUT2D eigenvalue weighted by Gasteiger charge is -2.25. The van der Waals surface area contributed by atoms with E-state index in [9.17, 15) is 9.59 Å². The third-order valence-electron chi connectivity index (χ3n) is 3.20. The van der Waals surface area contributed by atoms with E-state index in [1.807, 2.05) is 32.0 Å². The summed E-state index contributed by atoms with van der Waals surface area (Å²) in [5.41, 5.74) is 2.46. The Kier molecular flexibility index (Phi) is 6.69. The van der Waals surface area contributed by atoms with E-state index in [2.05, 4.69) is 0 Å². The molecule has 1 atom stereocenters. The fourth-order valence-electron chi connectivity index (χ4n) is 2.16. The number of nitrogens with zero attached hydrogens (tertiary/aromatic N) is 1. The van der Waals surface area contributed by atoms with Gasteiger partial charge in [-0.2, -0.15) is 0 Å². The molecule has 1 aromatic carbocycles. The molecule has 1 unspecified atom stereocenters. The molecule has 0 N–H and O–H groups in total. The number of imide groups is 1. The largest absolute Gasteiger partial charge is 0.449 e.